The quantitative estimate of drug-likeness (QED) is 0.735. The summed E-state index contributed by atoms with van der Waals surface area (Å²) in [5.41, 5.74) is 0.591. The van der Waals surface area contributed by atoms with Crippen molar-refractivity contribution < 1.29 is 9.90 Å². The molecule has 0 unspecified atom stereocenters. The highest BCUT2D eigenvalue weighted by Gasteiger charge is 2.35. The predicted molar refractivity (Wildman–Crippen MR) is 91.1 cm³/mol. The Morgan fingerprint density at radius 3 is 2.68 bits per heavy atom. The number of amides is 1. The van der Waals surface area contributed by atoms with Crippen LogP contribution in [0.2, 0.25) is 0 Å². The maximum Gasteiger partial charge on any atom is 0.226 e. The first-order valence-electron chi connectivity index (χ1n) is 7.89. The summed E-state index contributed by atoms with van der Waals surface area (Å²) < 4.78 is 1.17. The number of rotatable bonds is 8. The average Bonchev–Trinajstić information content (AvgIpc) is 2.95. The first-order valence-corrected chi connectivity index (χ1v) is 8.70. The van der Waals surface area contributed by atoms with E-state index in [2.05, 4.69) is 30.2 Å². The van der Waals surface area contributed by atoms with E-state index in [-0.39, 0.29) is 12.5 Å². The Kier molecular flexibility index (Phi) is 5.91. The lowest BCUT2D eigenvalue weighted by Gasteiger charge is -2.29. The summed E-state index contributed by atoms with van der Waals surface area (Å²) in [5, 5.41) is 12.8. The van der Waals surface area contributed by atoms with E-state index in [1.807, 2.05) is 18.2 Å². The number of hydrogen-bond acceptors (Lipinski definition) is 4. The average molecular weight is 320 g/mol. The highest BCUT2D eigenvalue weighted by Crippen LogP contribution is 2.34. The molecule has 4 nitrogen and oxygen atoms in total. The van der Waals surface area contributed by atoms with Gasteiger partial charge < -0.3 is 10.4 Å². The lowest BCUT2D eigenvalue weighted by molar-refractivity contribution is -0.131. The molecule has 0 atom stereocenters. The Morgan fingerprint density at radius 2 is 2.05 bits per heavy atom. The lowest BCUT2D eigenvalue weighted by atomic mass is 9.78. The Labute approximate surface area is 135 Å². The predicted octanol–water partition coefficient (Wildman–Crippen LogP) is 3.14. The highest BCUT2D eigenvalue weighted by atomic mass is 32.1. The van der Waals surface area contributed by atoms with Crippen LogP contribution in [0.25, 0.3) is 10.2 Å². The minimum absolute atomic E-state index is 0.0743. The zero-order chi connectivity index (χ0) is 16.0. The maximum absolute atomic E-state index is 12.6. The first kappa shape index (κ1) is 16.9. The first-order chi connectivity index (χ1) is 10.6. The molecule has 1 heterocycles. The SMILES string of the molecule is CCC(CC)(Cc1nc2ccccc2s1)C(=O)NCCCO. The summed E-state index contributed by atoms with van der Waals surface area (Å²) in [6, 6.07) is 8.08. The number of aromatic nitrogens is 1. The fraction of sp³-hybridized carbons (Fsp3) is 0.529. The number of nitrogens with one attached hydrogen (secondary N) is 1. The fourth-order valence-corrected chi connectivity index (χ4v) is 3.77. The summed E-state index contributed by atoms with van der Waals surface area (Å²) in [7, 11) is 0. The normalized spacial score (nSPS) is 11.8. The molecule has 0 spiro atoms. The van der Waals surface area contributed by atoms with Crippen LogP contribution in [0.4, 0.5) is 0 Å². The third kappa shape index (κ3) is 3.65. The van der Waals surface area contributed by atoms with Crippen molar-refractivity contribution in [1.82, 2.24) is 10.3 Å². The molecule has 0 aliphatic heterocycles. The zero-order valence-corrected chi connectivity index (χ0v) is 14.1. The van der Waals surface area contributed by atoms with E-state index in [0.29, 0.717) is 19.4 Å². The number of hydrogen-bond donors (Lipinski definition) is 2. The molecule has 22 heavy (non-hydrogen) atoms. The van der Waals surface area contributed by atoms with Crippen molar-refractivity contribution in [3.63, 3.8) is 0 Å². The molecule has 2 rings (SSSR count). The van der Waals surface area contributed by atoms with Gasteiger partial charge in [0.1, 0.15) is 0 Å². The van der Waals surface area contributed by atoms with Gasteiger partial charge in [0.15, 0.2) is 0 Å². The molecular weight excluding hydrogens is 296 g/mol. The molecule has 1 aromatic carbocycles. The van der Waals surface area contributed by atoms with Crippen molar-refractivity contribution >= 4 is 27.5 Å². The second kappa shape index (κ2) is 7.70. The van der Waals surface area contributed by atoms with Crippen LogP contribution < -0.4 is 5.32 Å². The number of carbonyl (C=O) groups excluding carboxylic acids is 1. The number of benzene rings is 1. The largest absolute Gasteiger partial charge is 0.396 e. The number of carbonyl (C=O) groups is 1. The van der Waals surface area contributed by atoms with Crippen molar-refractivity contribution in [2.24, 2.45) is 5.41 Å². The van der Waals surface area contributed by atoms with Gasteiger partial charge in [-0.05, 0) is 31.4 Å². The standard InChI is InChI=1S/C17H24N2O2S/c1-3-17(4-2,16(21)18-10-7-11-20)12-15-19-13-8-5-6-9-14(13)22-15/h5-6,8-9,20H,3-4,7,10-12H2,1-2H3,(H,18,21). The van der Waals surface area contributed by atoms with E-state index in [4.69, 9.17) is 5.11 Å². The maximum atomic E-state index is 12.6. The van der Waals surface area contributed by atoms with Crippen molar-refractivity contribution in [3.05, 3.63) is 29.3 Å². The molecule has 5 heteroatoms. The molecule has 0 radical (unpaired) electrons. The number of aliphatic hydroxyl groups excluding tert-OH is 1. The lowest BCUT2D eigenvalue weighted by Crippen LogP contribution is -2.42. The van der Waals surface area contributed by atoms with E-state index >= 15 is 0 Å². The molecule has 0 saturated heterocycles. The smallest absolute Gasteiger partial charge is 0.226 e. The van der Waals surface area contributed by atoms with Crippen LogP contribution in [-0.2, 0) is 11.2 Å². The fourth-order valence-electron chi connectivity index (χ4n) is 2.65. The van der Waals surface area contributed by atoms with E-state index in [9.17, 15) is 4.79 Å². The zero-order valence-electron chi connectivity index (χ0n) is 13.3. The van der Waals surface area contributed by atoms with E-state index in [0.717, 1.165) is 23.4 Å². The summed E-state index contributed by atoms with van der Waals surface area (Å²) in [4.78, 5) is 17.3. The summed E-state index contributed by atoms with van der Waals surface area (Å²) in [5.74, 6) is 0.0743. The molecular formula is C17H24N2O2S. The van der Waals surface area contributed by atoms with Gasteiger partial charge >= 0.3 is 0 Å². The van der Waals surface area contributed by atoms with Crippen LogP contribution in [0.1, 0.15) is 38.1 Å². The van der Waals surface area contributed by atoms with E-state index in [1.165, 1.54) is 4.70 Å². The molecule has 1 amide bonds. The van der Waals surface area contributed by atoms with Crippen LogP contribution >= 0.6 is 11.3 Å². The molecule has 2 N–H and O–H groups in total. The Hall–Kier alpha value is -1.46. The van der Waals surface area contributed by atoms with E-state index in [1.54, 1.807) is 11.3 Å². The summed E-state index contributed by atoms with van der Waals surface area (Å²) in [6.45, 7) is 4.74. The highest BCUT2D eigenvalue weighted by molar-refractivity contribution is 7.18. The van der Waals surface area contributed by atoms with Gasteiger partial charge in [0.2, 0.25) is 5.91 Å². The number of fused-ring (bicyclic) bond motifs is 1. The summed E-state index contributed by atoms with van der Waals surface area (Å²) in [6.07, 6.45) is 2.83. The van der Waals surface area contributed by atoms with Crippen LogP contribution in [-0.4, -0.2) is 29.1 Å². The molecule has 1 aromatic heterocycles. The number of nitrogens with zero attached hydrogens (tertiary/aromatic N) is 1. The minimum Gasteiger partial charge on any atom is -0.396 e. The van der Waals surface area contributed by atoms with Crippen molar-refractivity contribution in [3.8, 4) is 0 Å². The Bertz CT molecular complexity index is 587. The third-order valence-electron chi connectivity index (χ3n) is 4.28. The van der Waals surface area contributed by atoms with Crippen molar-refractivity contribution in [2.45, 2.75) is 39.5 Å². The monoisotopic (exact) mass is 320 g/mol. The van der Waals surface area contributed by atoms with Gasteiger partial charge in [0, 0.05) is 19.6 Å². The molecule has 0 bridgehead atoms. The molecule has 2 aromatic rings. The second-order valence-electron chi connectivity index (χ2n) is 5.57. The molecule has 120 valence electrons. The third-order valence-corrected chi connectivity index (χ3v) is 5.32. The Morgan fingerprint density at radius 1 is 1.32 bits per heavy atom. The molecule has 0 aliphatic rings. The van der Waals surface area contributed by atoms with Crippen LogP contribution in [0.3, 0.4) is 0 Å². The van der Waals surface area contributed by atoms with Crippen molar-refractivity contribution in [1.29, 1.82) is 0 Å². The van der Waals surface area contributed by atoms with Gasteiger partial charge in [-0.1, -0.05) is 26.0 Å². The molecule has 0 saturated carbocycles. The molecule has 0 aliphatic carbocycles. The number of para-hydroxylation sites is 1. The Balaban J connectivity index is 2.17. The van der Waals surface area contributed by atoms with E-state index < -0.39 is 5.41 Å². The van der Waals surface area contributed by atoms with Gasteiger partial charge in [-0.25, -0.2) is 4.98 Å². The van der Waals surface area contributed by atoms with Crippen LogP contribution in [0.5, 0.6) is 0 Å². The molecule has 0 fully saturated rings. The second-order valence-corrected chi connectivity index (χ2v) is 6.69. The van der Waals surface area contributed by atoms with Gasteiger partial charge in [-0.3, -0.25) is 4.79 Å². The van der Waals surface area contributed by atoms with Gasteiger partial charge in [0.05, 0.1) is 20.6 Å². The summed E-state index contributed by atoms with van der Waals surface area (Å²) >= 11 is 1.67. The van der Waals surface area contributed by atoms with Crippen LogP contribution in [0.15, 0.2) is 24.3 Å². The number of thiazole rings is 1. The van der Waals surface area contributed by atoms with Gasteiger partial charge in [-0.15, -0.1) is 11.3 Å². The van der Waals surface area contributed by atoms with Crippen molar-refractivity contribution in [2.75, 3.05) is 13.2 Å². The topological polar surface area (TPSA) is 62.2 Å². The number of aliphatic hydroxyl groups is 1. The van der Waals surface area contributed by atoms with Gasteiger partial charge in [-0.2, -0.15) is 0 Å². The van der Waals surface area contributed by atoms with Gasteiger partial charge in [0.25, 0.3) is 0 Å². The minimum atomic E-state index is -0.413. The van der Waals surface area contributed by atoms with Crippen LogP contribution in [0, 0.1) is 5.41 Å².